The van der Waals surface area contributed by atoms with Gasteiger partial charge in [-0.3, -0.25) is 4.79 Å². The number of nitrogens with two attached hydrogens (primary N) is 1. The molecule has 15 heavy (non-hydrogen) atoms. The fourth-order valence-corrected chi connectivity index (χ4v) is 1.10. The van der Waals surface area contributed by atoms with Gasteiger partial charge < -0.3 is 5.73 Å². The zero-order valence-electron chi connectivity index (χ0n) is 7.50. The smallest absolute Gasteiger partial charge is 0.172 e. The quantitative estimate of drug-likeness (QED) is 0.662. The van der Waals surface area contributed by atoms with Crippen LogP contribution in [0.1, 0.15) is 16.8 Å². The molecule has 0 amide bonds. The molecule has 6 heteroatoms. The molecule has 0 unspecified atom stereocenters. The number of thiocarbonyl (C=S) groups is 1. The molecule has 0 aliphatic heterocycles. The highest BCUT2D eigenvalue weighted by molar-refractivity contribution is 7.80. The Hall–Kier alpha value is -1.07. The molecule has 0 saturated heterocycles. The fraction of sp³-hybridized carbons (Fsp3) is 0.111. The van der Waals surface area contributed by atoms with Crippen molar-refractivity contribution < 1.29 is 13.6 Å². The van der Waals surface area contributed by atoms with E-state index in [1.165, 1.54) is 0 Å². The van der Waals surface area contributed by atoms with Gasteiger partial charge in [-0.2, -0.15) is 0 Å². The van der Waals surface area contributed by atoms with Gasteiger partial charge in [-0.15, -0.1) is 12.4 Å². The van der Waals surface area contributed by atoms with E-state index in [0.717, 1.165) is 12.1 Å². The van der Waals surface area contributed by atoms with Crippen LogP contribution >= 0.6 is 24.6 Å². The molecule has 1 rings (SSSR count). The summed E-state index contributed by atoms with van der Waals surface area (Å²) in [6.45, 7) is 0. The van der Waals surface area contributed by atoms with Gasteiger partial charge in [0.1, 0.15) is 11.6 Å². The van der Waals surface area contributed by atoms with E-state index in [0.29, 0.717) is 6.07 Å². The predicted octanol–water partition coefficient (Wildman–Crippen LogP) is 2.25. The molecule has 0 heterocycles. The zero-order chi connectivity index (χ0) is 10.7. The van der Waals surface area contributed by atoms with Crippen molar-refractivity contribution in [1.29, 1.82) is 0 Å². The molecule has 1 aromatic carbocycles. The lowest BCUT2D eigenvalue weighted by atomic mass is 10.1. The Bertz CT molecular complexity index is 398. The van der Waals surface area contributed by atoms with Crippen molar-refractivity contribution in [1.82, 2.24) is 0 Å². The highest BCUT2D eigenvalue weighted by Gasteiger charge is 2.12. The molecule has 1 aromatic rings. The van der Waals surface area contributed by atoms with Gasteiger partial charge in [-0.1, -0.05) is 12.2 Å². The Kier molecular flexibility index (Phi) is 5.32. The number of halogens is 3. The van der Waals surface area contributed by atoms with Crippen LogP contribution in [0.4, 0.5) is 8.78 Å². The Balaban J connectivity index is 0.00000196. The van der Waals surface area contributed by atoms with Gasteiger partial charge in [-0.05, 0) is 12.1 Å². The minimum absolute atomic E-state index is 0. The normalized spacial score (nSPS) is 9.20. The van der Waals surface area contributed by atoms with Crippen LogP contribution in [0, 0.1) is 11.6 Å². The summed E-state index contributed by atoms with van der Waals surface area (Å²) in [6, 6.07) is 2.73. The summed E-state index contributed by atoms with van der Waals surface area (Å²) in [6.07, 6.45) is -0.210. The number of ketones is 1. The maximum Gasteiger partial charge on any atom is 0.172 e. The molecule has 0 fully saturated rings. The molecule has 0 saturated carbocycles. The van der Waals surface area contributed by atoms with Crippen molar-refractivity contribution in [2.45, 2.75) is 6.42 Å². The lowest BCUT2D eigenvalue weighted by Gasteiger charge is -2.01. The molecular weight excluding hydrogens is 244 g/mol. The Morgan fingerprint density at radius 2 is 2.00 bits per heavy atom. The van der Waals surface area contributed by atoms with Crippen molar-refractivity contribution >= 4 is 35.4 Å². The number of benzene rings is 1. The van der Waals surface area contributed by atoms with Crippen LogP contribution < -0.4 is 5.73 Å². The number of hydrogen-bond donors (Lipinski definition) is 1. The molecule has 0 spiro atoms. The highest BCUT2D eigenvalue weighted by Crippen LogP contribution is 2.11. The van der Waals surface area contributed by atoms with Crippen molar-refractivity contribution in [2.24, 2.45) is 5.73 Å². The van der Waals surface area contributed by atoms with Crippen LogP contribution in [-0.2, 0) is 0 Å². The lowest BCUT2D eigenvalue weighted by Crippen LogP contribution is -2.15. The van der Waals surface area contributed by atoms with E-state index in [4.69, 9.17) is 5.73 Å². The molecule has 0 radical (unpaired) electrons. The number of rotatable bonds is 3. The minimum atomic E-state index is -0.897. The topological polar surface area (TPSA) is 43.1 Å². The zero-order valence-corrected chi connectivity index (χ0v) is 9.13. The maximum atomic E-state index is 13.0. The minimum Gasteiger partial charge on any atom is -0.393 e. The highest BCUT2D eigenvalue weighted by atomic mass is 35.5. The van der Waals surface area contributed by atoms with Gasteiger partial charge in [0, 0.05) is 6.07 Å². The number of carbonyl (C=O) groups excluding carboxylic acids is 1. The summed E-state index contributed by atoms with van der Waals surface area (Å²) in [5.41, 5.74) is 4.93. The van der Waals surface area contributed by atoms with Crippen molar-refractivity contribution in [3.8, 4) is 0 Å². The van der Waals surface area contributed by atoms with Crippen LogP contribution in [0.5, 0.6) is 0 Å². The lowest BCUT2D eigenvalue weighted by molar-refractivity contribution is 0.0997. The predicted molar refractivity (Wildman–Crippen MR) is 59.3 cm³/mol. The first-order chi connectivity index (χ1) is 6.50. The van der Waals surface area contributed by atoms with Gasteiger partial charge in [0.15, 0.2) is 5.78 Å². The number of Topliss-reactive ketones (excluding diaryl/α,β-unsaturated/α-hetero) is 1. The van der Waals surface area contributed by atoms with Crippen LogP contribution in [-0.4, -0.2) is 10.8 Å². The van der Waals surface area contributed by atoms with Crippen LogP contribution in [0.15, 0.2) is 18.2 Å². The summed E-state index contributed by atoms with van der Waals surface area (Å²) in [7, 11) is 0. The largest absolute Gasteiger partial charge is 0.393 e. The van der Waals surface area contributed by atoms with E-state index in [1.54, 1.807) is 0 Å². The van der Waals surface area contributed by atoms with Gasteiger partial charge in [-0.25, -0.2) is 8.78 Å². The fourth-order valence-electron chi connectivity index (χ4n) is 0.969. The third kappa shape index (κ3) is 3.89. The summed E-state index contributed by atoms with van der Waals surface area (Å²) in [5.74, 6) is -2.17. The third-order valence-electron chi connectivity index (χ3n) is 1.57. The average Bonchev–Trinajstić information content (AvgIpc) is 2.01. The second-order valence-corrected chi connectivity index (χ2v) is 3.21. The molecule has 2 N–H and O–H groups in total. The van der Waals surface area contributed by atoms with E-state index in [-0.39, 0.29) is 29.4 Å². The van der Waals surface area contributed by atoms with E-state index >= 15 is 0 Å². The molecule has 0 aliphatic carbocycles. The van der Waals surface area contributed by atoms with Crippen molar-refractivity contribution in [3.63, 3.8) is 0 Å². The first kappa shape index (κ1) is 13.9. The molecule has 82 valence electrons. The molecule has 0 atom stereocenters. The summed E-state index contributed by atoms with van der Waals surface area (Å²) >= 11 is 4.50. The molecule has 0 aromatic heterocycles. The Morgan fingerprint density at radius 3 is 2.47 bits per heavy atom. The summed E-state index contributed by atoms with van der Waals surface area (Å²) in [5, 5.41) is 0. The second-order valence-electron chi connectivity index (χ2n) is 2.69. The third-order valence-corrected chi connectivity index (χ3v) is 1.71. The van der Waals surface area contributed by atoms with Crippen LogP contribution in [0.25, 0.3) is 0 Å². The second kappa shape index (κ2) is 5.72. The first-order valence-corrected chi connectivity index (χ1v) is 4.18. The van der Waals surface area contributed by atoms with Crippen molar-refractivity contribution in [3.05, 3.63) is 35.4 Å². The van der Waals surface area contributed by atoms with Gasteiger partial charge >= 0.3 is 0 Å². The first-order valence-electron chi connectivity index (χ1n) is 3.77. The van der Waals surface area contributed by atoms with Crippen LogP contribution in [0.2, 0.25) is 0 Å². The summed E-state index contributed by atoms with van der Waals surface area (Å²) in [4.78, 5) is 11.2. The Labute approximate surface area is 96.9 Å². The van der Waals surface area contributed by atoms with E-state index < -0.39 is 17.4 Å². The van der Waals surface area contributed by atoms with Gasteiger partial charge in [0.2, 0.25) is 0 Å². The van der Waals surface area contributed by atoms with Crippen LogP contribution in [0.3, 0.4) is 0 Å². The van der Waals surface area contributed by atoms with E-state index in [1.807, 2.05) is 0 Å². The van der Waals surface area contributed by atoms with E-state index in [9.17, 15) is 13.6 Å². The van der Waals surface area contributed by atoms with Gasteiger partial charge in [0.25, 0.3) is 0 Å². The molecule has 0 aliphatic rings. The maximum absolute atomic E-state index is 13.0. The Morgan fingerprint density at radius 1 is 1.40 bits per heavy atom. The van der Waals surface area contributed by atoms with Gasteiger partial charge in [0.05, 0.1) is 17.0 Å². The summed E-state index contributed by atoms with van der Waals surface area (Å²) < 4.78 is 25.5. The molecule has 0 bridgehead atoms. The number of hydrogen-bond acceptors (Lipinski definition) is 2. The van der Waals surface area contributed by atoms with E-state index in [2.05, 4.69) is 12.2 Å². The van der Waals surface area contributed by atoms with Crippen molar-refractivity contribution in [2.75, 3.05) is 0 Å². The average molecular weight is 252 g/mol. The molecular formula is C9H8ClF2NOS. The number of carbonyl (C=O) groups is 1. The monoisotopic (exact) mass is 251 g/mol. The standard InChI is InChI=1S/C9H7F2NOS.ClH/c10-5-1-2-6(7(11)3-5)8(13)4-9(12)14;/h1-3H,4H2,(H2,12,14);1H. The molecule has 2 nitrogen and oxygen atoms in total. The SMILES string of the molecule is Cl.NC(=S)CC(=O)c1ccc(F)cc1F.